The average Bonchev–Trinajstić information content (AvgIpc) is 2.64. The van der Waals surface area contributed by atoms with E-state index in [1.54, 1.807) is 4.90 Å². The molecular weight excluding hydrogens is 316 g/mol. The Morgan fingerprint density at radius 1 is 1.16 bits per heavy atom. The SMILES string of the molecule is CCOc1ccc(N(C)CCCN2COc3ccccc3C2=O)cc1. The van der Waals surface area contributed by atoms with Gasteiger partial charge < -0.3 is 19.3 Å². The van der Waals surface area contributed by atoms with E-state index < -0.39 is 0 Å². The van der Waals surface area contributed by atoms with Gasteiger partial charge in [-0.3, -0.25) is 4.79 Å². The predicted octanol–water partition coefficient (Wildman–Crippen LogP) is 3.40. The van der Waals surface area contributed by atoms with Crippen molar-refractivity contribution in [1.82, 2.24) is 4.90 Å². The van der Waals surface area contributed by atoms with Crippen molar-refractivity contribution in [1.29, 1.82) is 0 Å². The lowest BCUT2D eigenvalue weighted by atomic mass is 10.1. The van der Waals surface area contributed by atoms with Crippen LogP contribution < -0.4 is 14.4 Å². The molecule has 3 rings (SSSR count). The topological polar surface area (TPSA) is 42.0 Å². The minimum atomic E-state index is 0.0468. The molecule has 1 amide bonds. The Hall–Kier alpha value is -2.69. The van der Waals surface area contributed by atoms with Gasteiger partial charge in [-0.25, -0.2) is 0 Å². The average molecular weight is 340 g/mol. The van der Waals surface area contributed by atoms with Crippen molar-refractivity contribution in [2.24, 2.45) is 0 Å². The van der Waals surface area contributed by atoms with Crippen molar-refractivity contribution in [3.63, 3.8) is 0 Å². The zero-order chi connectivity index (χ0) is 17.6. The normalized spacial score (nSPS) is 13.2. The fourth-order valence-electron chi connectivity index (χ4n) is 2.90. The third-order valence-corrected chi connectivity index (χ3v) is 4.29. The summed E-state index contributed by atoms with van der Waals surface area (Å²) in [7, 11) is 2.06. The maximum absolute atomic E-state index is 12.5. The molecule has 25 heavy (non-hydrogen) atoms. The van der Waals surface area contributed by atoms with Gasteiger partial charge in [-0.15, -0.1) is 0 Å². The lowest BCUT2D eigenvalue weighted by Gasteiger charge is -2.29. The van der Waals surface area contributed by atoms with E-state index in [9.17, 15) is 4.79 Å². The predicted molar refractivity (Wildman–Crippen MR) is 98.5 cm³/mol. The molecule has 1 aliphatic rings. The number of nitrogens with zero attached hydrogens (tertiary/aromatic N) is 2. The van der Waals surface area contributed by atoms with Crippen molar-refractivity contribution in [2.45, 2.75) is 13.3 Å². The lowest BCUT2D eigenvalue weighted by molar-refractivity contribution is 0.0520. The molecule has 0 spiro atoms. The number of benzene rings is 2. The molecule has 0 saturated heterocycles. The first-order valence-electron chi connectivity index (χ1n) is 8.64. The molecule has 0 N–H and O–H groups in total. The van der Waals surface area contributed by atoms with Crippen LogP contribution in [-0.4, -0.2) is 44.3 Å². The Morgan fingerprint density at radius 3 is 2.68 bits per heavy atom. The van der Waals surface area contributed by atoms with Crippen molar-refractivity contribution in [3.05, 3.63) is 54.1 Å². The number of anilines is 1. The van der Waals surface area contributed by atoms with Crippen LogP contribution >= 0.6 is 0 Å². The second kappa shape index (κ2) is 7.92. The third kappa shape index (κ3) is 4.05. The van der Waals surface area contributed by atoms with E-state index in [2.05, 4.69) is 24.1 Å². The molecule has 0 aromatic heterocycles. The Balaban J connectivity index is 1.50. The third-order valence-electron chi connectivity index (χ3n) is 4.29. The van der Waals surface area contributed by atoms with Gasteiger partial charge in [-0.05, 0) is 49.7 Å². The largest absolute Gasteiger partial charge is 0.494 e. The number of amides is 1. The lowest BCUT2D eigenvalue weighted by Crippen LogP contribution is -2.40. The summed E-state index contributed by atoms with van der Waals surface area (Å²) < 4.78 is 11.1. The number of carbonyl (C=O) groups excluding carboxylic acids is 1. The van der Waals surface area contributed by atoms with E-state index in [-0.39, 0.29) is 5.91 Å². The summed E-state index contributed by atoms with van der Waals surface area (Å²) in [5, 5.41) is 0. The zero-order valence-electron chi connectivity index (χ0n) is 14.8. The summed E-state index contributed by atoms with van der Waals surface area (Å²) >= 11 is 0. The van der Waals surface area contributed by atoms with E-state index in [0.29, 0.717) is 31.2 Å². The van der Waals surface area contributed by atoms with Crippen LogP contribution in [0.15, 0.2) is 48.5 Å². The summed E-state index contributed by atoms with van der Waals surface area (Å²) in [4.78, 5) is 16.4. The van der Waals surface area contributed by atoms with E-state index in [4.69, 9.17) is 9.47 Å². The molecule has 5 nitrogen and oxygen atoms in total. The van der Waals surface area contributed by atoms with Crippen LogP contribution in [0.25, 0.3) is 0 Å². The van der Waals surface area contributed by atoms with Gasteiger partial charge >= 0.3 is 0 Å². The molecule has 2 aromatic rings. The van der Waals surface area contributed by atoms with E-state index in [1.165, 1.54) is 0 Å². The Kier molecular flexibility index (Phi) is 5.43. The summed E-state index contributed by atoms with van der Waals surface area (Å²) in [6.45, 7) is 4.50. The molecule has 0 aliphatic carbocycles. The second-order valence-corrected chi connectivity index (χ2v) is 6.04. The molecule has 132 valence electrons. The first kappa shape index (κ1) is 17.1. The van der Waals surface area contributed by atoms with Gasteiger partial charge in [0.05, 0.1) is 12.2 Å². The Morgan fingerprint density at radius 2 is 1.92 bits per heavy atom. The van der Waals surface area contributed by atoms with Crippen molar-refractivity contribution in [3.8, 4) is 11.5 Å². The van der Waals surface area contributed by atoms with Crippen molar-refractivity contribution >= 4 is 11.6 Å². The standard InChI is InChI=1S/C20H24N2O3/c1-3-24-17-11-9-16(10-12-17)21(2)13-6-14-22-15-25-19-8-5-4-7-18(19)20(22)23/h4-5,7-12H,3,6,13-15H2,1-2H3. The molecule has 0 fully saturated rings. The molecular formula is C20H24N2O3. The van der Waals surface area contributed by atoms with E-state index in [0.717, 1.165) is 24.4 Å². The van der Waals surface area contributed by atoms with Gasteiger partial charge in [-0.1, -0.05) is 12.1 Å². The number of para-hydroxylation sites is 1. The van der Waals surface area contributed by atoms with Crippen LogP contribution in [-0.2, 0) is 0 Å². The Labute approximate surface area is 148 Å². The molecule has 0 radical (unpaired) electrons. The number of ether oxygens (including phenoxy) is 2. The maximum atomic E-state index is 12.5. The van der Waals surface area contributed by atoms with Gasteiger partial charge in [0.1, 0.15) is 11.5 Å². The van der Waals surface area contributed by atoms with Crippen LogP contribution in [0.1, 0.15) is 23.7 Å². The van der Waals surface area contributed by atoms with Gasteiger partial charge in [-0.2, -0.15) is 0 Å². The Bertz CT molecular complexity index is 715. The molecule has 0 bridgehead atoms. The quantitative estimate of drug-likeness (QED) is 0.775. The van der Waals surface area contributed by atoms with Crippen LogP contribution in [0, 0.1) is 0 Å². The summed E-state index contributed by atoms with van der Waals surface area (Å²) in [6.07, 6.45) is 0.876. The van der Waals surface area contributed by atoms with Gasteiger partial charge in [0.2, 0.25) is 0 Å². The van der Waals surface area contributed by atoms with Crippen molar-refractivity contribution in [2.75, 3.05) is 38.4 Å². The molecule has 1 heterocycles. The molecule has 0 unspecified atom stereocenters. The first-order valence-corrected chi connectivity index (χ1v) is 8.64. The maximum Gasteiger partial charge on any atom is 0.260 e. The number of hydrogen-bond acceptors (Lipinski definition) is 4. The molecule has 2 aromatic carbocycles. The monoisotopic (exact) mass is 340 g/mol. The molecule has 5 heteroatoms. The highest BCUT2D eigenvalue weighted by Gasteiger charge is 2.24. The molecule has 0 atom stereocenters. The van der Waals surface area contributed by atoms with Gasteiger partial charge in [0.15, 0.2) is 6.73 Å². The fraction of sp³-hybridized carbons (Fsp3) is 0.350. The van der Waals surface area contributed by atoms with Crippen LogP contribution in [0.5, 0.6) is 11.5 Å². The van der Waals surface area contributed by atoms with E-state index >= 15 is 0 Å². The highest BCUT2D eigenvalue weighted by Crippen LogP contribution is 2.24. The minimum Gasteiger partial charge on any atom is -0.494 e. The van der Waals surface area contributed by atoms with Crippen LogP contribution in [0.3, 0.4) is 0 Å². The van der Waals surface area contributed by atoms with E-state index in [1.807, 2.05) is 43.3 Å². The number of hydrogen-bond donors (Lipinski definition) is 0. The highest BCUT2D eigenvalue weighted by atomic mass is 16.5. The zero-order valence-corrected chi connectivity index (χ0v) is 14.8. The summed E-state index contributed by atoms with van der Waals surface area (Å²) in [5.41, 5.74) is 1.78. The van der Waals surface area contributed by atoms with Crippen molar-refractivity contribution < 1.29 is 14.3 Å². The van der Waals surface area contributed by atoms with Gasteiger partial charge in [0, 0.05) is 25.8 Å². The minimum absolute atomic E-state index is 0.0468. The van der Waals surface area contributed by atoms with Crippen LogP contribution in [0.2, 0.25) is 0 Å². The number of fused-ring (bicyclic) bond motifs is 1. The number of rotatable bonds is 7. The second-order valence-electron chi connectivity index (χ2n) is 6.04. The highest BCUT2D eigenvalue weighted by molar-refractivity contribution is 5.97. The van der Waals surface area contributed by atoms with Gasteiger partial charge in [0.25, 0.3) is 5.91 Å². The smallest absolute Gasteiger partial charge is 0.260 e. The first-order chi connectivity index (χ1) is 12.2. The molecule has 1 aliphatic heterocycles. The summed E-state index contributed by atoms with van der Waals surface area (Å²) in [5.74, 6) is 1.61. The summed E-state index contributed by atoms with van der Waals surface area (Å²) in [6, 6.07) is 15.5. The fourth-order valence-corrected chi connectivity index (χ4v) is 2.90. The molecule has 0 saturated carbocycles. The van der Waals surface area contributed by atoms with Crippen LogP contribution in [0.4, 0.5) is 5.69 Å². The number of carbonyl (C=O) groups is 1.